The predicted octanol–water partition coefficient (Wildman–Crippen LogP) is 6.00. The molecule has 2 aliphatic rings. The molecule has 5 rings (SSSR count). The molecule has 5 nitrogen and oxygen atoms in total. The van der Waals surface area contributed by atoms with E-state index in [0.717, 1.165) is 59.3 Å². The topological polar surface area (TPSA) is 57.5 Å². The van der Waals surface area contributed by atoms with Gasteiger partial charge in [0.1, 0.15) is 5.58 Å². The average Bonchev–Trinajstić information content (AvgIpc) is 3.17. The summed E-state index contributed by atoms with van der Waals surface area (Å²) in [5, 5.41) is 8.34. The van der Waals surface area contributed by atoms with E-state index in [-0.39, 0.29) is 11.4 Å². The van der Waals surface area contributed by atoms with Gasteiger partial charge in [-0.1, -0.05) is 67.8 Å². The Bertz CT molecular complexity index is 1160. The second-order valence-corrected chi connectivity index (χ2v) is 9.06. The van der Waals surface area contributed by atoms with Crippen LogP contribution in [-0.2, 0) is 12.1 Å². The number of rotatable bonds is 3. The number of hydrogen-bond donors (Lipinski definition) is 2. The second-order valence-electron chi connectivity index (χ2n) is 8.66. The Labute approximate surface area is 187 Å². The van der Waals surface area contributed by atoms with Gasteiger partial charge in [-0.2, -0.15) is 0 Å². The number of anilines is 1. The van der Waals surface area contributed by atoms with Gasteiger partial charge in [0.2, 0.25) is 0 Å². The Morgan fingerprint density at radius 2 is 1.94 bits per heavy atom. The molecular formula is C25H26ClN3O2. The Balaban J connectivity index is 1.57. The summed E-state index contributed by atoms with van der Waals surface area (Å²) in [5.41, 5.74) is 3.39. The molecule has 1 aliphatic heterocycles. The van der Waals surface area contributed by atoms with E-state index in [0.29, 0.717) is 17.3 Å². The fraction of sp³-hybridized carbons (Fsp3) is 0.320. The molecule has 1 aromatic heterocycles. The molecule has 6 heteroatoms. The van der Waals surface area contributed by atoms with Crippen LogP contribution in [0.5, 0.6) is 0 Å². The monoisotopic (exact) mass is 435 g/mol. The molecule has 2 aromatic carbocycles. The third kappa shape index (κ3) is 3.47. The number of halogens is 1. The number of carbonyl (C=O) groups excluding carboxylic acids is 1. The lowest BCUT2D eigenvalue weighted by Gasteiger charge is -2.44. The summed E-state index contributed by atoms with van der Waals surface area (Å²) in [6.07, 6.45) is 5.43. The molecule has 31 heavy (non-hydrogen) atoms. The number of hydrogen-bond acceptors (Lipinski definition) is 4. The summed E-state index contributed by atoms with van der Waals surface area (Å²) in [4.78, 5) is 14.8. The largest absolute Gasteiger partial charge is 0.450 e. The van der Waals surface area contributed by atoms with Crippen LogP contribution in [0.3, 0.4) is 0 Å². The van der Waals surface area contributed by atoms with Crippen molar-refractivity contribution in [2.24, 2.45) is 0 Å². The van der Waals surface area contributed by atoms with Crippen molar-refractivity contribution in [2.75, 3.05) is 12.4 Å². The molecule has 0 bridgehead atoms. The van der Waals surface area contributed by atoms with Crippen LogP contribution >= 0.6 is 11.6 Å². The Morgan fingerprint density at radius 1 is 1.19 bits per heavy atom. The molecule has 1 spiro atoms. The summed E-state index contributed by atoms with van der Waals surface area (Å²) in [6.45, 7) is 4.62. The molecule has 160 valence electrons. The van der Waals surface area contributed by atoms with Crippen LogP contribution in [0.4, 0.5) is 5.69 Å². The summed E-state index contributed by atoms with van der Waals surface area (Å²) >= 11 is 6.68. The number of nitrogens with zero attached hydrogens (tertiary/aromatic N) is 1. The number of benzene rings is 2. The van der Waals surface area contributed by atoms with Crippen LogP contribution in [0.1, 0.15) is 53.8 Å². The summed E-state index contributed by atoms with van der Waals surface area (Å²) in [6, 6.07) is 13.6. The highest BCUT2D eigenvalue weighted by Gasteiger charge is 2.42. The van der Waals surface area contributed by atoms with Crippen LogP contribution in [-0.4, -0.2) is 17.9 Å². The van der Waals surface area contributed by atoms with Gasteiger partial charge in [0.15, 0.2) is 5.76 Å². The maximum Gasteiger partial charge on any atom is 0.289 e. The molecular weight excluding hydrogens is 410 g/mol. The molecule has 2 heterocycles. The van der Waals surface area contributed by atoms with Gasteiger partial charge >= 0.3 is 0 Å². The van der Waals surface area contributed by atoms with Gasteiger partial charge in [-0.15, -0.1) is 0 Å². The van der Waals surface area contributed by atoms with E-state index in [1.54, 1.807) is 11.9 Å². The standard InChI is InChI=1S/C25H26ClN3O2/c1-16-27-22-19(26)13-18-14-20(24(30)29(2)15-17-9-5-3-6-10-17)31-23(18)21(22)25(28-16)11-7-4-8-12-25/h3,5-6,9-10,13-14,27-28H,1,4,7-8,11-12,15H2,2H3. The minimum Gasteiger partial charge on any atom is -0.450 e. The zero-order chi connectivity index (χ0) is 21.6. The van der Waals surface area contributed by atoms with Crippen molar-refractivity contribution in [3.8, 4) is 0 Å². The number of furan rings is 1. The van der Waals surface area contributed by atoms with E-state index in [4.69, 9.17) is 16.0 Å². The van der Waals surface area contributed by atoms with Crippen LogP contribution in [0, 0.1) is 0 Å². The average molecular weight is 436 g/mol. The molecule has 3 aromatic rings. The molecule has 1 aliphatic carbocycles. The second kappa shape index (κ2) is 7.65. The van der Waals surface area contributed by atoms with Crippen LogP contribution in [0.2, 0.25) is 5.02 Å². The molecule has 1 saturated carbocycles. The molecule has 2 N–H and O–H groups in total. The van der Waals surface area contributed by atoms with Crippen molar-refractivity contribution in [1.82, 2.24) is 10.2 Å². The van der Waals surface area contributed by atoms with E-state index in [1.807, 2.05) is 42.5 Å². The maximum atomic E-state index is 13.1. The molecule has 0 radical (unpaired) electrons. The zero-order valence-electron chi connectivity index (χ0n) is 17.6. The minimum atomic E-state index is -0.271. The van der Waals surface area contributed by atoms with Crippen molar-refractivity contribution in [2.45, 2.75) is 44.2 Å². The fourth-order valence-corrected chi connectivity index (χ4v) is 5.27. The van der Waals surface area contributed by atoms with Gasteiger partial charge in [0.25, 0.3) is 5.91 Å². The van der Waals surface area contributed by atoms with Crippen LogP contribution < -0.4 is 10.6 Å². The normalized spacial score (nSPS) is 17.2. The maximum absolute atomic E-state index is 13.1. The molecule has 0 atom stereocenters. The minimum absolute atomic E-state index is 0.149. The SMILES string of the molecule is C=C1Nc2c(Cl)cc3cc(C(=O)N(C)Cc4ccccc4)oc3c2C2(CCCCC2)N1. The van der Waals surface area contributed by atoms with Crippen molar-refractivity contribution < 1.29 is 9.21 Å². The van der Waals surface area contributed by atoms with E-state index < -0.39 is 0 Å². The zero-order valence-corrected chi connectivity index (χ0v) is 18.4. The van der Waals surface area contributed by atoms with Gasteiger partial charge in [-0.3, -0.25) is 4.79 Å². The fourth-order valence-electron chi connectivity index (χ4n) is 5.01. The lowest BCUT2D eigenvalue weighted by Crippen LogP contribution is -2.48. The lowest BCUT2D eigenvalue weighted by atomic mass is 9.74. The van der Waals surface area contributed by atoms with Gasteiger partial charge in [-0.25, -0.2) is 0 Å². The Morgan fingerprint density at radius 3 is 2.68 bits per heavy atom. The van der Waals surface area contributed by atoms with Gasteiger partial charge in [-0.05, 0) is 30.5 Å². The van der Waals surface area contributed by atoms with Crippen molar-refractivity contribution in [1.29, 1.82) is 0 Å². The first-order chi connectivity index (χ1) is 15.0. The molecule has 1 fully saturated rings. The van der Waals surface area contributed by atoms with E-state index in [2.05, 4.69) is 17.2 Å². The molecule has 0 saturated heterocycles. The van der Waals surface area contributed by atoms with Gasteiger partial charge in [0.05, 0.1) is 22.1 Å². The van der Waals surface area contributed by atoms with E-state index >= 15 is 0 Å². The molecule has 1 amide bonds. The number of amides is 1. The predicted molar refractivity (Wildman–Crippen MR) is 124 cm³/mol. The Kier molecular flexibility index (Phi) is 4.94. The van der Waals surface area contributed by atoms with Crippen LogP contribution in [0.25, 0.3) is 11.0 Å². The number of nitrogens with one attached hydrogen (secondary N) is 2. The van der Waals surface area contributed by atoms with Crippen molar-refractivity contribution in [3.63, 3.8) is 0 Å². The first kappa shape index (κ1) is 20.0. The number of carbonyl (C=O) groups is 1. The van der Waals surface area contributed by atoms with Crippen molar-refractivity contribution >= 4 is 34.2 Å². The van der Waals surface area contributed by atoms with E-state index in [1.165, 1.54) is 6.42 Å². The highest BCUT2D eigenvalue weighted by atomic mass is 35.5. The highest BCUT2D eigenvalue weighted by Crippen LogP contribution is 2.49. The smallest absolute Gasteiger partial charge is 0.289 e. The first-order valence-corrected chi connectivity index (χ1v) is 11.1. The van der Waals surface area contributed by atoms with Gasteiger partial charge in [0, 0.05) is 24.5 Å². The Hall–Kier alpha value is -2.92. The van der Waals surface area contributed by atoms with Crippen molar-refractivity contribution in [3.05, 3.63) is 76.8 Å². The third-order valence-electron chi connectivity index (χ3n) is 6.43. The van der Waals surface area contributed by atoms with E-state index in [9.17, 15) is 4.79 Å². The summed E-state index contributed by atoms with van der Waals surface area (Å²) in [7, 11) is 1.79. The quantitative estimate of drug-likeness (QED) is 0.529. The van der Waals surface area contributed by atoms with Gasteiger partial charge < -0.3 is 20.0 Å². The van der Waals surface area contributed by atoms with Crippen LogP contribution in [0.15, 0.2) is 59.3 Å². The highest BCUT2D eigenvalue weighted by molar-refractivity contribution is 6.34. The molecule has 0 unspecified atom stereocenters. The third-order valence-corrected chi connectivity index (χ3v) is 6.73. The summed E-state index contributed by atoms with van der Waals surface area (Å²) in [5.74, 6) is 0.929. The first-order valence-electron chi connectivity index (χ1n) is 10.8. The lowest BCUT2D eigenvalue weighted by molar-refractivity contribution is 0.0755. The number of fused-ring (bicyclic) bond motifs is 4. The summed E-state index contributed by atoms with van der Waals surface area (Å²) < 4.78 is 6.25.